The Morgan fingerprint density at radius 1 is 0.929 bits per heavy atom. The van der Waals surface area contributed by atoms with Gasteiger partial charge in [-0.3, -0.25) is 9.69 Å². The lowest BCUT2D eigenvalue weighted by Crippen LogP contribution is -2.49. The van der Waals surface area contributed by atoms with Crippen molar-refractivity contribution >= 4 is 21.4 Å². The summed E-state index contributed by atoms with van der Waals surface area (Å²) in [5, 5.41) is 1.88. The number of rotatable bonds is 5. The zero-order valence-electron chi connectivity index (χ0n) is 17.3. The van der Waals surface area contributed by atoms with E-state index in [1.807, 2.05) is 40.0 Å². The van der Waals surface area contributed by atoms with E-state index < -0.39 is 10.0 Å². The van der Waals surface area contributed by atoms with Crippen molar-refractivity contribution in [1.29, 1.82) is 0 Å². The molecule has 1 aromatic heterocycles. The van der Waals surface area contributed by atoms with E-state index in [1.54, 1.807) is 8.87 Å². The summed E-state index contributed by atoms with van der Waals surface area (Å²) in [6.45, 7) is 13.4. The molecule has 1 aliphatic heterocycles. The van der Waals surface area contributed by atoms with Crippen molar-refractivity contribution in [2.24, 2.45) is 0 Å². The summed E-state index contributed by atoms with van der Waals surface area (Å²) < 4.78 is 30.1. The lowest BCUT2D eigenvalue weighted by Gasteiger charge is -2.34. The maximum absolute atomic E-state index is 13.3. The average molecular weight is 424 g/mol. The molecule has 1 saturated heterocycles. The Balaban J connectivity index is 1.70. The molecular weight excluding hydrogens is 394 g/mol. The van der Waals surface area contributed by atoms with Crippen LogP contribution in [0.25, 0.3) is 0 Å². The summed E-state index contributed by atoms with van der Waals surface area (Å²) in [4.78, 5) is 14.6. The van der Waals surface area contributed by atoms with Gasteiger partial charge in [0, 0.05) is 50.3 Å². The molecule has 0 spiro atoms. The zero-order chi connectivity index (χ0) is 20.6. The molecule has 28 heavy (non-hydrogen) atoms. The maximum atomic E-state index is 13.3. The lowest BCUT2D eigenvalue weighted by atomic mass is 10.0. The second-order valence-corrected chi connectivity index (χ2v) is 10.3. The van der Waals surface area contributed by atoms with Crippen LogP contribution < -0.4 is 4.87 Å². The molecule has 1 aromatic carbocycles. The van der Waals surface area contributed by atoms with Crippen molar-refractivity contribution in [3.63, 3.8) is 0 Å². The monoisotopic (exact) mass is 423 g/mol. The van der Waals surface area contributed by atoms with E-state index in [0.29, 0.717) is 37.6 Å². The maximum Gasteiger partial charge on any atom is 0.307 e. The molecule has 0 amide bonds. The molecule has 0 saturated carbocycles. The number of aryl methyl sites for hydroxylation is 3. The summed E-state index contributed by atoms with van der Waals surface area (Å²) >= 11 is 1.23. The van der Waals surface area contributed by atoms with Gasteiger partial charge in [-0.25, -0.2) is 8.42 Å². The first-order chi connectivity index (χ1) is 13.1. The molecule has 0 aliphatic carbocycles. The SMILES string of the molecule is Cc1cc(C)c(C)c(S(=O)(=O)N2CCN(CCn3c(C)csc3=O)CC2)c1C. The van der Waals surface area contributed by atoms with Crippen LogP contribution in [0.1, 0.15) is 27.9 Å². The third-order valence-electron chi connectivity index (χ3n) is 5.84. The Morgan fingerprint density at radius 3 is 2.00 bits per heavy atom. The van der Waals surface area contributed by atoms with Crippen LogP contribution in [-0.4, -0.2) is 54.9 Å². The van der Waals surface area contributed by atoms with Crippen LogP contribution in [0.2, 0.25) is 0 Å². The van der Waals surface area contributed by atoms with Crippen LogP contribution in [0.4, 0.5) is 0 Å². The molecule has 6 nitrogen and oxygen atoms in total. The summed E-state index contributed by atoms with van der Waals surface area (Å²) in [5.41, 5.74) is 4.70. The van der Waals surface area contributed by atoms with Crippen LogP contribution in [-0.2, 0) is 16.6 Å². The standard InChI is InChI=1S/C20H29N3O3S2/c1-14-12-15(2)18(5)19(17(14)4)28(25,26)22-9-6-21(7-10-22)8-11-23-16(3)13-27-20(23)24/h12-13H,6-11H2,1-5H3. The van der Waals surface area contributed by atoms with Crippen molar-refractivity contribution in [2.45, 2.75) is 46.1 Å². The van der Waals surface area contributed by atoms with Gasteiger partial charge in [0.2, 0.25) is 10.0 Å². The lowest BCUT2D eigenvalue weighted by molar-refractivity contribution is 0.182. The van der Waals surface area contributed by atoms with Gasteiger partial charge in [0.05, 0.1) is 4.90 Å². The number of thiazole rings is 1. The summed E-state index contributed by atoms with van der Waals surface area (Å²) in [5.74, 6) is 0. The minimum atomic E-state index is -3.51. The number of sulfonamides is 1. The van der Waals surface area contributed by atoms with Crippen molar-refractivity contribution in [3.05, 3.63) is 49.1 Å². The molecule has 0 bridgehead atoms. The van der Waals surface area contributed by atoms with Crippen LogP contribution in [0.5, 0.6) is 0 Å². The van der Waals surface area contributed by atoms with Gasteiger partial charge in [0.1, 0.15) is 0 Å². The largest absolute Gasteiger partial charge is 0.307 e. The number of aromatic nitrogens is 1. The Labute approximate surface area is 171 Å². The third-order valence-corrected chi connectivity index (χ3v) is 8.90. The van der Waals surface area contributed by atoms with E-state index in [1.165, 1.54) is 11.3 Å². The smallest absolute Gasteiger partial charge is 0.302 e. The molecule has 0 unspecified atom stereocenters. The van der Waals surface area contributed by atoms with Crippen LogP contribution in [0, 0.1) is 34.6 Å². The first kappa shape index (κ1) is 21.2. The number of hydrogen-bond acceptors (Lipinski definition) is 5. The van der Waals surface area contributed by atoms with Gasteiger partial charge in [0.15, 0.2) is 0 Å². The van der Waals surface area contributed by atoms with Crippen molar-refractivity contribution in [3.8, 4) is 0 Å². The summed E-state index contributed by atoms with van der Waals surface area (Å²) in [7, 11) is -3.51. The molecule has 3 rings (SSSR count). The second kappa shape index (κ2) is 8.10. The average Bonchev–Trinajstić information content (AvgIpc) is 2.96. The van der Waals surface area contributed by atoms with E-state index in [0.717, 1.165) is 34.5 Å². The normalized spacial score (nSPS) is 16.6. The fourth-order valence-electron chi connectivity index (χ4n) is 3.81. The molecule has 1 fully saturated rings. The van der Waals surface area contributed by atoms with Crippen molar-refractivity contribution in [2.75, 3.05) is 32.7 Å². The topological polar surface area (TPSA) is 62.6 Å². The first-order valence-corrected chi connectivity index (χ1v) is 11.9. The highest BCUT2D eigenvalue weighted by Crippen LogP contribution is 2.29. The van der Waals surface area contributed by atoms with Crippen LogP contribution in [0.3, 0.4) is 0 Å². The van der Waals surface area contributed by atoms with Crippen molar-refractivity contribution < 1.29 is 8.42 Å². The molecule has 0 radical (unpaired) electrons. The predicted molar refractivity (Wildman–Crippen MR) is 114 cm³/mol. The number of benzene rings is 1. The van der Waals surface area contributed by atoms with Gasteiger partial charge < -0.3 is 4.57 Å². The first-order valence-electron chi connectivity index (χ1n) is 9.57. The minimum Gasteiger partial charge on any atom is -0.302 e. The van der Waals surface area contributed by atoms with Crippen LogP contribution >= 0.6 is 11.3 Å². The second-order valence-electron chi connectivity index (χ2n) is 7.63. The number of hydrogen-bond donors (Lipinski definition) is 0. The molecule has 2 aromatic rings. The molecule has 8 heteroatoms. The van der Waals surface area contributed by atoms with Gasteiger partial charge in [-0.2, -0.15) is 4.31 Å². The molecule has 1 aliphatic rings. The predicted octanol–water partition coefficient (Wildman–Crippen LogP) is 2.46. The Hall–Kier alpha value is -1.48. The van der Waals surface area contributed by atoms with Gasteiger partial charge in [-0.15, -0.1) is 0 Å². The highest BCUT2D eigenvalue weighted by atomic mass is 32.2. The fourth-order valence-corrected chi connectivity index (χ4v) is 6.57. The van der Waals surface area contributed by atoms with Gasteiger partial charge >= 0.3 is 4.87 Å². The molecule has 2 heterocycles. The Bertz CT molecular complexity index is 1000. The van der Waals surface area contributed by atoms with E-state index in [4.69, 9.17) is 0 Å². The Morgan fingerprint density at radius 2 is 1.50 bits per heavy atom. The molecular formula is C20H29N3O3S2. The van der Waals surface area contributed by atoms with Crippen molar-refractivity contribution in [1.82, 2.24) is 13.8 Å². The summed E-state index contributed by atoms with van der Waals surface area (Å²) in [6.07, 6.45) is 0. The molecule has 0 atom stereocenters. The number of piperazine rings is 1. The zero-order valence-corrected chi connectivity index (χ0v) is 18.9. The molecule has 154 valence electrons. The highest BCUT2D eigenvalue weighted by Gasteiger charge is 2.31. The van der Waals surface area contributed by atoms with Crippen LogP contribution in [0.15, 0.2) is 21.1 Å². The molecule has 0 N–H and O–H groups in total. The van der Waals surface area contributed by atoms with Gasteiger partial charge in [-0.05, 0) is 56.9 Å². The third kappa shape index (κ3) is 3.96. The summed E-state index contributed by atoms with van der Waals surface area (Å²) in [6, 6.07) is 2.05. The van der Waals surface area contributed by atoms with E-state index in [-0.39, 0.29) is 4.87 Å². The number of nitrogens with zero attached hydrogens (tertiary/aromatic N) is 3. The van der Waals surface area contributed by atoms with Gasteiger partial charge in [-0.1, -0.05) is 17.4 Å². The quantitative estimate of drug-likeness (QED) is 0.741. The van der Waals surface area contributed by atoms with E-state index in [9.17, 15) is 13.2 Å². The van der Waals surface area contributed by atoms with E-state index >= 15 is 0 Å². The fraction of sp³-hybridized carbons (Fsp3) is 0.550. The van der Waals surface area contributed by atoms with Gasteiger partial charge in [0.25, 0.3) is 0 Å². The Kier molecular flexibility index (Phi) is 6.14. The highest BCUT2D eigenvalue weighted by molar-refractivity contribution is 7.89. The minimum absolute atomic E-state index is 0.0690. The van der Waals surface area contributed by atoms with E-state index in [2.05, 4.69) is 11.0 Å².